The predicted octanol–water partition coefficient (Wildman–Crippen LogP) is 2.44. The van der Waals surface area contributed by atoms with Gasteiger partial charge in [-0.05, 0) is 49.2 Å². The Morgan fingerprint density at radius 2 is 2.03 bits per heavy atom. The van der Waals surface area contributed by atoms with Gasteiger partial charge in [0.05, 0.1) is 22.3 Å². The van der Waals surface area contributed by atoms with Gasteiger partial charge >= 0.3 is 5.97 Å². The van der Waals surface area contributed by atoms with E-state index in [2.05, 4.69) is 4.98 Å². The lowest BCUT2D eigenvalue weighted by Crippen LogP contribution is -2.42. The first-order chi connectivity index (χ1) is 13.8. The summed E-state index contributed by atoms with van der Waals surface area (Å²) in [6, 6.07) is 8.11. The Labute approximate surface area is 167 Å². The summed E-state index contributed by atoms with van der Waals surface area (Å²) in [7, 11) is -2.26. The van der Waals surface area contributed by atoms with Crippen molar-refractivity contribution in [3.8, 4) is 0 Å². The number of carbonyl (C=O) groups is 1. The number of pyridine rings is 1. The third kappa shape index (κ3) is 3.40. The number of aromatic nitrogens is 2. The van der Waals surface area contributed by atoms with Crippen LogP contribution in [0.15, 0.2) is 47.5 Å². The summed E-state index contributed by atoms with van der Waals surface area (Å²) in [6.45, 7) is 0.397. The average molecular weight is 417 g/mol. The second-order valence-electron chi connectivity index (χ2n) is 7.15. The summed E-state index contributed by atoms with van der Waals surface area (Å²) in [6.07, 6.45) is 2.61. The lowest BCUT2D eigenvalue weighted by Gasteiger charge is -2.32. The van der Waals surface area contributed by atoms with E-state index in [0.29, 0.717) is 30.5 Å². The Morgan fingerprint density at radius 3 is 2.72 bits per heavy atom. The summed E-state index contributed by atoms with van der Waals surface area (Å²) in [5, 5.41) is 9.29. The number of fused-ring (bicyclic) bond motifs is 3. The first-order valence-electron chi connectivity index (χ1n) is 9.19. The number of halogens is 1. The van der Waals surface area contributed by atoms with E-state index in [1.54, 1.807) is 12.3 Å². The van der Waals surface area contributed by atoms with E-state index in [1.807, 2.05) is 10.6 Å². The predicted molar refractivity (Wildman–Crippen MR) is 105 cm³/mol. The smallest absolute Gasteiger partial charge is 0.307 e. The van der Waals surface area contributed by atoms with Crippen molar-refractivity contribution < 1.29 is 22.7 Å². The van der Waals surface area contributed by atoms with Crippen molar-refractivity contribution in [1.29, 1.82) is 0 Å². The number of carboxylic acids is 1. The van der Waals surface area contributed by atoms with Crippen molar-refractivity contribution in [2.24, 2.45) is 0 Å². The zero-order valence-corrected chi connectivity index (χ0v) is 16.6. The fourth-order valence-electron chi connectivity index (χ4n) is 3.99. The molecule has 29 heavy (non-hydrogen) atoms. The van der Waals surface area contributed by atoms with Gasteiger partial charge in [0.1, 0.15) is 5.82 Å². The molecule has 1 aliphatic rings. The second kappa shape index (κ2) is 7.23. The number of carboxylic acid groups (broad SMARTS) is 1. The second-order valence-corrected chi connectivity index (χ2v) is 9.14. The van der Waals surface area contributed by atoms with E-state index < -0.39 is 21.8 Å². The minimum absolute atomic E-state index is 0.0396. The molecule has 0 fully saturated rings. The standard InChI is InChI=1S/C20H20FN3O4S/c1-23(29(27,28)15-7-4-13(21)5-8-15)14-6-9-17-16(11-19(25)26)20-18(24(17)12-14)3-2-10-22-20/h2-5,7-8,10,14H,6,9,11-12H2,1H3,(H,25,26). The maximum absolute atomic E-state index is 13.2. The molecular weight excluding hydrogens is 397 g/mol. The van der Waals surface area contributed by atoms with Gasteiger partial charge in [0.15, 0.2) is 0 Å². The average Bonchev–Trinajstić information content (AvgIpc) is 3.00. The van der Waals surface area contributed by atoms with Crippen LogP contribution in [-0.4, -0.2) is 46.4 Å². The minimum atomic E-state index is -3.78. The Hall–Kier alpha value is -2.78. The summed E-state index contributed by atoms with van der Waals surface area (Å²) in [5.41, 5.74) is 3.03. The molecule has 7 nitrogen and oxygen atoms in total. The van der Waals surface area contributed by atoms with E-state index >= 15 is 0 Å². The molecule has 0 saturated heterocycles. The molecule has 9 heteroatoms. The number of sulfonamides is 1. The van der Waals surface area contributed by atoms with Crippen LogP contribution in [0.1, 0.15) is 17.7 Å². The van der Waals surface area contributed by atoms with Gasteiger partial charge in [-0.2, -0.15) is 4.31 Å². The lowest BCUT2D eigenvalue weighted by atomic mass is 10.0. The van der Waals surface area contributed by atoms with Crippen LogP contribution < -0.4 is 0 Å². The first-order valence-corrected chi connectivity index (χ1v) is 10.6. The van der Waals surface area contributed by atoms with Crippen molar-refractivity contribution in [2.45, 2.75) is 36.7 Å². The highest BCUT2D eigenvalue weighted by atomic mass is 32.2. The molecule has 152 valence electrons. The van der Waals surface area contributed by atoms with Gasteiger partial charge < -0.3 is 9.67 Å². The topological polar surface area (TPSA) is 92.5 Å². The van der Waals surface area contributed by atoms with E-state index in [9.17, 15) is 22.7 Å². The Balaban J connectivity index is 1.70. The molecule has 0 aliphatic carbocycles. The zero-order valence-electron chi connectivity index (χ0n) is 15.7. The van der Waals surface area contributed by atoms with Gasteiger partial charge in [-0.1, -0.05) is 0 Å². The van der Waals surface area contributed by atoms with E-state index in [-0.39, 0.29) is 17.4 Å². The number of benzene rings is 1. The van der Waals surface area contributed by atoms with Gasteiger partial charge in [-0.3, -0.25) is 9.78 Å². The maximum Gasteiger partial charge on any atom is 0.307 e. The summed E-state index contributed by atoms with van der Waals surface area (Å²) < 4.78 is 42.4. The number of rotatable bonds is 5. The van der Waals surface area contributed by atoms with Crippen LogP contribution in [0.4, 0.5) is 4.39 Å². The van der Waals surface area contributed by atoms with Crippen LogP contribution in [0.25, 0.3) is 11.0 Å². The molecule has 4 rings (SSSR count). The highest BCUT2D eigenvalue weighted by Crippen LogP contribution is 2.32. The van der Waals surface area contributed by atoms with Crippen LogP contribution in [0, 0.1) is 5.82 Å². The molecule has 0 spiro atoms. The minimum Gasteiger partial charge on any atom is -0.481 e. The summed E-state index contributed by atoms with van der Waals surface area (Å²) >= 11 is 0. The molecule has 1 aromatic carbocycles. The molecule has 1 unspecified atom stereocenters. The third-order valence-electron chi connectivity index (χ3n) is 5.48. The van der Waals surface area contributed by atoms with Crippen molar-refractivity contribution in [3.05, 3.63) is 59.7 Å². The zero-order chi connectivity index (χ0) is 20.8. The van der Waals surface area contributed by atoms with Crippen LogP contribution in [0.2, 0.25) is 0 Å². The Morgan fingerprint density at radius 1 is 1.31 bits per heavy atom. The highest BCUT2D eigenvalue weighted by Gasteiger charge is 2.33. The molecule has 0 radical (unpaired) electrons. The van der Waals surface area contributed by atoms with Crippen molar-refractivity contribution >= 4 is 27.0 Å². The SMILES string of the molecule is CN(C1CCc2c(CC(=O)O)c3ncccc3n2C1)S(=O)(=O)c1ccc(F)cc1. The number of likely N-dealkylation sites (N-methyl/N-ethyl adjacent to an activating group) is 1. The molecule has 1 N–H and O–H groups in total. The van der Waals surface area contributed by atoms with Gasteiger partial charge in [-0.15, -0.1) is 0 Å². The molecule has 0 bridgehead atoms. The van der Waals surface area contributed by atoms with E-state index in [1.165, 1.54) is 23.5 Å². The molecule has 1 atom stereocenters. The molecule has 3 aromatic rings. The van der Waals surface area contributed by atoms with Gasteiger partial charge in [0, 0.05) is 37.1 Å². The Bertz CT molecular complexity index is 1190. The molecule has 3 heterocycles. The first kappa shape index (κ1) is 19.5. The maximum atomic E-state index is 13.2. The molecule has 0 saturated carbocycles. The molecule has 0 amide bonds. The molecule has 1 aliphatic heterocycles. The van der Waals surface area contributed by atoms with Crippen molar-refractivity contribution in [2.75, 3.05) is 7.05 Å². The Kier molecular flexibility index (Phi) is 4.87. The van der Waals surface area contributed by atoms with Crippen LogP contribution in [0.3, 0.4) is 0 Å². The molecule has 2 aromatic heterocycles. The van der Waals surface area contributed by atoms with E-state index in [0.717, 1.165) is 23.3 Å². The van der Waals surface area contributed by atoms with Gasteiger partial charge in [-0.25, -0.2) is 12.8 Å². The van der Waals surface area contributed by atoms with Crippen molar-refractivity contribution in [1.82, 2.24) is 13.9 Å². The highest BCUT2D eigenvalue weighted by molar-refractivity contribution is 7.89. The number of aliphatic carboxylic acids is 1. The van der Waals surface area contributed by atoms with Gasteiger partial charge in [0.25, 0.3) is 0 Å². The van der Waals surface area contributed by atoms with Gasteiger partial charge in [0.2, 0.25) is 10.0 Å². The summed E-state index contributed by atoms with van der Waals surface area (Å²) in [5.74, 6) is -1.42. The number of nitrogens with zero attached hydrogens (tertiary/aromatic N) is 3. The number of hydrogen-bond donors (Lipinski definition) is 1. The lowest BCUT2D eigenvalue weighted by molar-refractivity contribution is -0.136. The third-order valence-corrected chi connectivity index (χ3v) is 7.40. The van der Waals surface area contributed by atoms with E-state index in [4.69, 9.17) is 0 Å². The quantitative estimate of drug-likeness (QED) is 0.688. The summed E-state index contributed by atoms with van der Waals surface area (Å²) in [4.78, 5) is 15.7. The normalized spacial score (nSPS) is 16.9. The fourth-order valence-corrected chi connectivity index (χ4v) is 5.37. The fraction of sp³-hybridized carbons (Fsp3) is 0.300. The van der Waals surface area contributed by atoms with Crippen LogP contribution >= 0.6 is 0 Å². The van der Waals surface area contributed by atoms with Crippen molar-refractivity contribution in [3.63, 3.8) is 0 Å². The van der Waals surface area contributed by atoms with Crippen LogP contribution in [0.5, 0.6) is 0 Å². The number of hydrogen-bond acceptors (Lipinski definition) is 4. The monoisotopic (exact) mass is 417 g/mol. The molecular formula is C20H20FN3O4S. The van der Waals surface area contributed by atoms with Crippen LogP contribution in [-0.2, 0) is 34.2 Å². The largest absolute Gasteiger partial charge is 0.481 e.